The van der Waals surface area contributed by atoms with Crippen molar-refractivity contribution in [1.82, 2.24) is 19.1 Å². The highest BCUT2D eigenvalue weighted by Crippen LogP contribution is 2.47. The number of benzene rings is 3. The summed E-state index contributed by atoms with van der Waals surface area (Å²) in [6.45, 7) is 0. The number of terminal acetylenes is 1. The number of nitrogens with two attached hydrogens (primary N) is 1. The number of aromatic nitrogens is 4. The number of anilines is 2. The second-order valence-corrected chi connectivity index (χ2v) is 9.40. The van der Waals surface area contributed by atoms with Crippen molar-refractivity contribution in [3.8, 4) is 35.2 Å². The van der Waals surface area contributed by atoms with Crippen molar-refractivity contribution in [2.45, 2.75) is 12.8 Å². The molecule has 9 heteroatoms. The number of nitrogen functional groups attached to an aromatic ring is 1. The molecule has 0 aliphatic heterocycles. The Morgan fingerprint density at radius 1 is 0.974 bits per heavy atom. The lowest BCUT2D eigenvalue weighted by Crippen LogP contribution is -2.33. The molecule has 39 heavy (non-hydrogen) atoms. The van der Waals surface area contributed by atoms with E-state index in [9.17, 15) is 9.59 Å². The smallest absolute Gasteiger partial charge is 0.339 e. The first kappa shape index (κ1) is 24.0. The molecule has 3 aromatic carbocycles. The van der Waals surface area contributed by atoms with Gasteiger partial charge in [0.1, 0.15) is 28.8 Å². The first-order valence-electron chi connectivity index (χ1n) is 12.4. The normalized spacial score (nSPS) is 13.5. The maximum atomic E-state index is 13.9. The van der Waals surface area contributed by atoms with E-state index in [2.05, 4.69) is 15.9 Å². The standard InChI is InChI=1S/C30H24N6O3/c1-3-30(16-17-30)28(37)34(2)21-8-7-9-22(18-21)36-27-25(26(31)32-19-33-27)35(29(36)38)20-12-14-24(15-13-20)39-23-10-5-4-6-11-23/h1,4-15,18-19H,16-17H2,2H3,(H2,31,32,33). The zero-order valence-corrected chi connectivity index (χ0v) is 21.1. The third kappa shape index (κ3) is 4.08. The highest BCUT2D eigenvalue weighted by atomic mass is 16.5. The van der Waals surface area contributed by atoms with Gasteiger partial charge in [0.25, 0.3) is 0 Å². The van der Waals surface area contributed by atoms with E-state index in [1.165, 1.54) is 20.4 Å². The molecule has 1 aliphatic carbocycles. The first-order chi connectivity index (χ1) is 18.9. The van der Waals surface area contributed by atoms with Crippen LogP contribution in [0, 0.1) is 17.8 Å². The third-order valence-corrected chi connectivity index (χ3v) is 6.94. The van der Waals surface area contributed by atoms with E-state index in [0.717, 1.165) is 0 Å². The van der Waals surface area contributed by atoms with E-state index in [4.69, 9.17) is 16.9 Å². The van der Waals surface area contributed by atoms with Crippen molar-refractivity contribution >= 4 is 28.6 Å². The van der Waals surface area contributed by atoms with E-state index < -0.39 is 5.41 Å². The summed E-state index contributed by atoms with van der Waals surface area (Å²) >= 11 is 0. The molecule has 0 atom stereocenters. The Morgan fingerprint density at radius 3 is 2.38 bits per heavy atom. The van der Waals surface area contributed by atoms with Crippen LogP contribution in [0.3, 0.4) is 0 Å². The van der Waals surface area contributed by atoms with Crippen LogP contribution in [-0.2, 0) is 4.79 Å². The van der Waals surface area contributed by atoms with Gasteiger partial charge in [0.2, 0.25) is 5.91 Å². The molecule has 1 saturated carbocycles. The van der Waals surface area contributed by atoms with E-state index >= 15 is 0 Å². The minimum atomic E-state index is -0.740. The van der Waals surface area contributed by atoms with Crippen LogP contribution in [0.4, 0.5) is 11.5 Å². The van der Waals surface area contributed by atoms with Crippen LogP contribution in [0.15, 0.2) is 90.0 Å². The molecule has 2 N–H and O–H groups in total. The lowest BCUT2D eigenvalue weighted by atomic mass is 10.1. The Kier molecular flexibility index (Phi) is 5.65. The quantitative estimate of drug-likeness (QED) is 0.337. The minimum absolute atomic E-state index is 0.138. The number of para-hydroxylation sites is 1. The molecular formula is C30H24N6O3. The van der Waals surface area contributed by atoms with Gasteiger partial charge in [-0.2, -0.15) is 0 Å². The summed E-state index contributed by atoms with van der Waals surface area (Å²) in [5.41, 5.74) is 7.54. The molecule has 5 aromatic rings. The van der Waals surface area contributed by atoms with Crippen LogP contribution in [0.1, 0.15) is 12.8 Å². The third-order valence-electron chi connectivity index (χ3n) is 6.94. The fourth-order valence-corrected chi connectivity index (χ4v) is 4.63. The summed E-state index contributed by atoms with van der Waals surface area (Å²) in [5.74, 6) is 3.98. The van der Waals surface area contributed by atoms with Gasteiger partial charge in [0.15, 0.2) is 11.5 Å². The summed E-state index contributed by atoms with van der Waals surface area (Å²) in [7, 11) is 1.68. The fraction of sp³-hybridized carbons (Fsp3) is 0.133. The Balaban J connectivity index is 1.42. The zero-order chi connectivity index (χ0) is 27.1. The van der Waals surface area contributed by atoms with Gasteiger partial charge in [0.05, 0.1) is 11.4 Å². The molecule has 192 valence electrons. The summed E-state index contributed by atoms with van der Waals surface area (Å²) in [6.07, 6.45) is 8.29. The van der Waals surface area contributed by atoms with E-state index in [0.29, 0.717) is 52.6 Å². The molecule has 6 rings (SSSR count). The Labute approximate surface area is 224 Å². The van der Waals surface area contributed by atoms with Crippen LogP contribution >= 0.6 is 0 Å². The predicted octanol–water partition coefficient (Wildman–Crippen LogP) is 4.32. The molecule has 0 unspecified atom stereocenters. The first-order valence-corrected chi connectivity index (χ1v) is 12.4. The number of imidazole rings is 1. The number of ether oxygens (including phenoxy) is 1. The Bertz CT molecular complexity index is 1810. The molecule has 0 radical (unpaired) electrons. The SMILES string of the molecule is C#CC1(C(=O)N(C)c2cccc(-n3c(=O)n(-c4ccc(Oc5ccccc5)cc4)c4c(N)ncnc43)c2)CC1. The Hall–Kier alpha value is -5.36. The van der Waals surface area contributed by atoms with Crippen molar-refractivity contribution < 1.29 is 9.53 Å². The van der Waals surface area contributed by atoms with Crippen molar-refractivity contribution in [3.05, 3.63) is 95.7 Å². The monoisotopic (exact) mass is 516 g/mol. The number of hydrogen-bond donors (Lipinski definition) is 1. The van der Waals surface area contributed by atoms with Gasteiger partial charge in [-0.1, -0.05) is 30.2 Å². The molecule has 2 heterocycles. The van der Waals surface area contributed by atoms with Crippen molar-refractivity contribution in [2.24, 2.45) is 5.41 Å². The van der Waals surface area contributed by atoms with Crippen LogP contribution in [0.5, 0.6) is 11.5 Å². The van der Waals surface area contributed by atoms with E-state index in [1.54, 1.807) is 55.6 Å². The molecule has 9 nitrogen and oxygen atoms in total. The van der Waals surface area contributed by atoms with E-state index in [1.807, 2.05) is 30.3 Å². The maximum absolute atomic E-state index is 13.9. The number of hydrogen-bond acceptors (Lipinski definition) is 6. The van der Waals surface area contributed by atoms with Gasteiger partial charge < -0.3 is 15.4 Å². The fourth-order valence-electron chi connectivity index (χ4n) is 4.63. The molecule has 0 saturated heterocycles. The molecule has 2 aromatic heterocycles. The Morgan fingerprint density at radius 2 is 1.69 bits per heavy atom. The highest BCUT2D eigenvalue weighted by Gasteiger charge is 2.50. The highest BCUT2D eigenvalue weighted by molar-refractivity contribution is 6.01. The van der Waals surface area contributed by atoms with Crippen molar-refractivity contribution in [2.75, 3.05) is 17.7 Å². The zero-order valence-electron chi connectivity index (χ0n) is 21.1. The number of nitrogens with zero attached hydrogens (tertiary/aromatic N) is 5. The summed E-state index contributed by atoms with van der Waals surface area (Å²) in [6, 6.07) is 23.6. The number of fused-ring (bicyclic) bond motifs is 1. The van der Waals surface area contributed by atoms with Gasteiger partial charge in [-0.05, 0) is 67.4 Å². The molecule has 0 bridgehead atoms. The molecule has 1 aliphatic rings. The van der Waals surface area contributed by atoms with E-state index in [-0.39, 0.29) is 17.4 Å². The molecule has 1 fully saturated rings. The predicted molar refractivity (Wildman–Crippen MR) is 149 cm³/mol. The molecule has 1 amide bonds. The van der Waals surface area contributed by atoms with Gasteiger partial charge in [-0.25, -0.2) is 19.3 Å². The lowest BCUT2D eigenvalue weighted by Gasteiger charge is -2.21. The topological polar surface area (TPSA) is 108 Å². The minimum Gasteiger partial charge on any atom is -0.457 e. The number of amides is 1. The van der Waals surface area contributed by atoms with Gasteiger partial charge >= 0.3 is 5.69 Å². The second-order valence-electron chi connectivity index (χ2n) is 9.40. The van der Waals surface area contributed by atoms with Crippen molar-refractivity contribution in [1.29, 1.82) is 0 Å². The average molecular weight is 517 g/mol. The summed E-state index contributed by atoms with van der Waals surface area (Å²) in [5, 5.41) is 0. The van der Waals surface area contributed by atoms with Gasteiger partial charge in [0, 0.05) is 12.7 Å². The van der Waals surface area contributed by atoms with Crippen LogP contribution in [0.2, 0.25) is 0 Å². The average Bonchev–Trinajstić information content (AvgIpc) is 3.71. The maximum Gasteiger partial charge on any atom is 0.339 e. The molecular weight excluding hydrogens is 492 g/mol. The number of carbonyl (C=O) groups excluding carboxylic acids is 1. The summed E-state index contributed by atoms with van der Waals surface area (Å²) < 4.78 is 8.81. The largest absolute Gasteiger partial charge is 0.457 e. The van der Waals surface area contributed by atoms with Crippen LogP contribution < -0.4 is 21.1 Å². The van der Waals surface area contributed by atoms with Crippen LogP contribution in [-0.4, -0.2) is 32.1 Å². The second kappa shape index (κ2) is 9.19. The van der Waals surface area contributed by atoms with Crippen molar-refractivity contribution in [3.63, 3.8) is 0 Å². The number of carbonyl (C=O) groups is 1. The van der Waals surface area contributed by atoms with Gasteiger partial charge in [-0.3, -0.25) is 9.36 Å². The lowest BCUT2D eigenvalue weighted by molar-refractivity contribution is -0.121. The van der Waals surface area contributed by atoms with Crippen LogP contribution in [0.25, 0.3) is 22.5 Å². The number of rotatable bonds is 6. The van der Waals surface area contributed by atoms with Gasteiger partial charge in [-0.15, -0.1) is 6.42 Å². The molecule has 0 spiro atoms. The summed E-state index contributed by atoms with van der Waals surface area (Å²) in [4.78, 5) is 37.0.